The molecule has 0 unspecified atom stereocenters. The summed E-state index contributed by atoms with van der Waals surface area (Å²) in [5.41, 5.74) is 1.57. The molecule has 3 rings (SSSR count). The van der Waals surface area contributed by atoms with Crippen LogP contribution in [0.2, 0.25) is 0 Å². The van der Waals surface area contributed by atoms with Crippen molar-refractivity contribution in [2.75, 3.05) is 0 Å². The van der Waals surface area contributed by atoms with E-state index >= 15 is 0 Å². The van der Waals surface area contributed by atoms with Crippen LogP contribution in [0.5, 0.6) is 0 Å². The molecule has 0 fully saturated rings. The molecule has 0 aliphatic carbocycles. The number of rotatable bonds is 2. The number of aromatic nitrogens is 3. The molecule has 0 saturated carbocycles. The van der Waals surface area contributed by atoms with Gasteiger partial charge in [0, 0.05) is 17.8 Å². The Morgan fingerprint density at radius 2 is 2.00 bits per heavy atom. The van der Waals surface area contributed by atoms with Gasteiger partial charge in [-0.1, -0.05) is 18.2 Å². The van der Waals surface area contributed by atoms with Crippen molar-refractivity contribution in [3.8, 4) is 5.69 Å². The largest absolute Gasteiger partial charge is 0.476 e. The summed E-state index contributed by atoms with van der Waals surface area (Å²) in [6.07, 6.45) is 3.32. The SMILES string of the molecule is O=C(O)c1ccn(-c2cccc3cccnc23)n1. The topological polar surface area (TPSA) is 68.0 Å². The van der Waals surface area contributed by atoms with Crippen molar-refractivity contribution >= 4 is 16.9 Å². The van der Waals surface area contributed by atoms with E-state index < -0.39 is 5.97 Å². The van der Waals surface area contributed by atoms with Crippen LogP contribution in [0.25, 0.3) is 16.6 Å². The van der Waals surface area contributed by atoms with Gasteiger partial charge in [-0.25, -0.2) is 9.48 Å². The van der Waals surface area contributed by atoms with Crippen molar-refractivity contribution < 1.29 is 9.90 Å². The number of hydrogen-bond acceptors (Lipinski definition) is 3. The molecule has 0 amide bonds. The summed E-state index contributed by atoms with van der Waals surface area (Å²) in [5.74, 6) is -1.04. The molecule has 0 aliphatic rings. The van der Waals surface area contributed by atoms with Gasteiger partial charge in [0.1, 0.15) is 0 Å². The van der Waals surface area contributed by atoms with Gasteiger partial charge in [-0.05, 0) is 18.2 Å². The minimum absolute atomic E-state index is 0.0166. The molecule has 3 aromatic rings. The van der Waals surface area contributed by atoms with Crippen LogP contribution in [0, 0.1) is 0 Å². The molecular weight excluding hydrogens is 230 g/mol. The molecule has 18 heavy (non-hydrogen) atoms. The Kier molecular flexibility index (Phi) is 2.30. The van der Waals surface area contributed by atoms with E-state index in [1.54, 1.807) is 12.4 Å². The van der Waals surface area contributed by atoms with E-state index in [4.69, 9.17) is 5.11 Å². The fourth-order valence-corrected chi connectivity index (χ4v) is 1.85. The smallest absolute Gasteiger partial charge is 0.356 e. The summed E-state index contributed by atoms with van der Waals surface area (Å²) < 4.78 is 1.53. The highest BCUT2D eigenvalue weighted by Crippen LogP contribution is 2.19. The zero-order valence-corrected chi connectivity index (χ0v) is 9.32. The third kappa shape index (κ3) is 1.62. The monoisotopic (exact) mass is 239 g/mol. The first-order valence-corrected chi connectivity index (χ1v) is 5.39. The van der Waals surface area contributed by atoms with Gasteiger partial charge >= 0.3 is 5.97 Å². The molecule has 5 heteroatoms. The molecule has 88 valence electrons. The number of nitrogens with zero attached hydrogens (tertiary/aromatic N) is 3. The van der Waals surface area contributed by atoms with Crippen LogP contribution in [0.3, 0.4) is 0 Å². The normalized spacial score (nSPS) is 10.7. The van der Waals surface area contributed by atoms with Crippen LogP contribution in [0.15, 0.2) is 48.8 Å². The highest BCUT2D eigenvalue weighted by Gasteiger charge is 2.09. The van der Waals surface area contributed by atoms with Crippen molar-refractivity contribution in [3.63, 3.8) is 0 Å². The van der Waals surface area contributed by atoms with Crippen LogP contribution in [-0.4, -0.2) is 25.8 Å². The maximum Gasteiger partial charge on any atom is 0.356 e. The average Bonchev–Trinajstić information content (AvgIpc) is 2.87. The Bertz CT molecular complexity index is 728. The Hall–Kier alpha value is -2.69. The number of hydrogen-bond donors (Lipinski definition) is 1. The Morgan fingerprint density at radius 3 is 2.78 bits per heavy atom. The molecular formula is C13H9N3O2. The highest BCUT2D eigenvalue weighted by atomic mass is 16.4. The predicted molar refractivity (Wildman–Crippen MR) is 65.8 cm³/mol. The van der Waals surface area contributed by atoms with Gasteiger partial charge in [0.2, 0.25) is 0 Å². The minimum Gasteiger partial charge on any atom is -0.476 e. The first-order chi connectivity index (χ1) is 8.75. The zero-order chi connectivity index (χ0) is 12.5. The van der Waals surface area contributed by atoms with Crippen LogP contribution >= 0.6 is 0 Å². The number of para-hydroxylation sites is 1. The van der Waals surface area contributed by atoms with E-state index in [2.05, 4.69) is 10.1 Å². The summed E-state index contributed by atoms with van der Waals surface area (Å²) in [4.78, 5) is 15.1. The average molecular weight is 239 g/mol. The van der Waals surface area contributed by atoms with Crippen molar-refractivity contribution in [1.29, 1.82) is 0 Å². The summed E-state index contributed by atoms with van der Waals surface area (Å²) >= 11 is 0. The number of benzene rings is 1. The standard InChI is InChI=1S/C13H9N3O2/c17-13(18)10-6-8-16(15-10)11-5-1-3-9-4-2-7-14-12(9)11/h1-8H,(H,17,18). The molecule has 0 saturated heterocycles. The Balaban J connectivity index is 2.21. The molecule has 2 aromatic heterocycles. The van der Waals surface area contributed by atoms with E-state index in [1.165, 1.54) is 10.7 Å². The molecule has 0 radical (unpaired) electrons. The van der Waals surface area contributed by atoms with E-state index in [0.717, 1.165) is 16.6 Å². The van der Waals surface area contributed by atoms with Crippen molar-refractivity contribution in [3.05, 3.63) is 54.5 Å². The van der Waals surface area contributed by atoms with E-state index in [-0.39, 0.29) is 5.69 Å². The summed E-state index contributed by atoms with van der Waals surface area (Å²) in [6, 6.07) is 11.0. The quantitative estimate of drug-likeness (QED) is 0.743. The molecule has 0 spiro atoms. The molecule has 5 nitrogen and oxygen atoms in total. The summed E-state index contributed by atoms with van der Waals surface area (Å²) in [6.45, 7) is 0. The number of aromatic carboxylic acids is 1. The van der Waals surface area contributed by atoms with Gasteiger partial charge in [0.15, 0.2) is 5.69 Å². The lowest BCUT2D eigenvalue weighted by molar-refractivity contribution is 0.0690. The van der Waals surface area contributed by atoms with Crippen LogP contribution in [0.1, 0.15) is 10.5 Å². The third-order valence-corrected chi connectivity index (χ3v) is 2.67. The van der Waals surface area contributed by atoms with E-state index in [9.17, 15) is 4.79 Å². The number of carbonyl (C=O) groups is 1. The summed E-state index contributed by atoms with van der Waals surface area (Å²) in [7, 11) is 0. The number of carboxylic acids is 1. The lowest BCUT2D eigenvalue weighted by atomic mass is 10.2. The Morgan fingerprint density at radius 1 is 1.17 bits per heavy atom. The van der Waals surface area contributed by atoms with Gasteiger partial charge in [-0.3, -0.25) is 4.98 Å². The maximum atomic E-state index is 10.8. The second-order valence-electron chi connectivity index (χ2n) is 3.80. The first kappa shape index (κ1) is 10.5. The maximum absolute atomic E-state index is 10.8. The van der Waals surface area contributed by atoms with Gasteiger partial charge < -0.3 is 5.11 Å². The fraction of sp³-hybridized carbons (Fsp3) is 0. The lowest BCUT2D eigenvalue weighted by Gasteiger charge is -2.04. The van der Waals surface area contributed by atoms with Crippen molar-refractivity contribution in [2.45, 2.75) is 0 Å². The number of carboxylic acid groups (broad SMARTS) is 1. The van der Waals surface area contributed by atoms with Gasteiger partial charge in [-0.2, -0.15) is 5.10 Å². The third-order valence-electron chi connectivity index (χ3n) is 2.67. The number of pyridine rings is 1. The molecule has 0 atom stereocenters. The molecule has 2 heterocycles. The van der Waals surface area contributed by atoms with Crippen LogP contribution < -0.4 is 0 Å². The van der Waals surface area contributed by atoms with Crippen molar-refractivity contribution in [2.24, 2.45) is 0 Å². The lowest BCUT2D eigenvalue weighted by Crippen LogP contribution is -2.01. The molecule has 0 aliphatic heterocycles. The van der Waals surface area contributed by atoms with Gasteiger partial charge in [-0.15, -0.1) is 0 Å². The van der Waals surface area contributed by atoms with Gasteiger partial charge in [0.05, 0.1) is 11.2 Å². The Labute approximate surface area is 102 Å². The van der Waals surface area contributed by atoms with Crippen LogP contribution in [-0.2, 0) is 0 Å². The molecule has 1 aromatic carbocycles. The molecule has 1 N–H and O–H groups in total. The van der Waals surface area contributed by atoms with Crippen LogP contribution in [0.4, 0.5) is 0 Å². The summed E-state index contributed by atoms with van der Waals surface area (Å²) in [5, 5.41) is 13.9. The molecule has 0 bridgehead atoms. The predicted octanol–water partition coefficient (Wildman–Crippen LogP) is 2.12. The minimum atomic E-state index is -1.04. The van der Waals surface area contributed by atoms with E-state index in [1.807, 2.05) is 30.3 Å². The zero-order valence-electron chi connectivity index (χ0n) is 9.32. The fourth-order valence-electron chi connectivity index (χ4n) is 1.85. The van der Waals surface area contributed by atoms with E-state index in [0.29, 0.717) is 0 Å². The number of fused-ring (bicyclic) bond motifs is 1. The second kappa shape index (κ2) is 3.96. The first-order valence-electron chi connectivity index (χ1n) is 5.39. The van der Waals surface area contributed by atoms with Crippen molar-refractivity contribution in [1.82, 2.24) is 14.8 Å². The van der Waals surface area contributed by atoms with Gasteiger partial charge in [0.25, 0.3) is 0 Å². The highest BCUT2D eigenvalue weighted by molar-refractivity contribution is 5.87. The second-order valence-corrected chi connectivity index (χ2v) is 3.80.